The summed E-state index contributed by atoms with van der Waals surface area (Å²) < 4.78 is 0. The van der Waals surface area contributed by atoms with Gasteiger partial charge in [0.05, 0.1) is 0 Å². The van der Waals surface area contributed by atoms with Gasteiger partial charge in [0.15, 0.2) is 0 Å². The van der Waals surface area contributed by atoms with E-state index in [2.05, 4.69) is 6.92 Å². The second-order valence-corrected chi connectivity index (χ2v) is 5.96. The summed E-state index contributed by atoms with van der Waals surface area (Å²) >= 11 is 0. The molecule has 0 saturated heterocycles. The van der Waals surface area contributed by atoms with Crippen molar-refractivity contribution < 1.29 is 0 Å². The van der Waals surface area contributed by atoms with Crippen LogP contribution in [0.4, 0.5) is 0 Å². The molecule has 15 heavy (non-hydrogen) atoms. The number of rotatable bonds is 2. The molecule has 0 amide bonds. The van der Waals surface area contributed by atoms with E-state index >= 15 is 0 Å². The van der Waals surface area contributed by atoms with E-state index < -0.39 is 0 Å². The van der Waals surface area contributed by atoms with E-state index in [0.717, 1.165) is 30.2 Å². The molecule has 2 unspecified atom stereocenters. The quantitative estimate of drug-likeness (QED) is 0.739. The van der Waals surface area contributed by atoms with Crippen molar-refractivity contribution in [3.05, 3.63) is 0 Å². The average Bonchev–Trinajstić information content (AvgIpc) is 2.30. The summed E-state index contributed by atoms with van der Waals surface area (Å²) in [5, 5.41) is 0. The van der Waals surface area contributed by atoms with Crippen LogP contribution >= 0.6 is 0 Å². The fourth-order valence-electron chi connectivity index (χ4n) is 3.86. The molecule has 2 atom stereocenters. The lowest BCUT2D eigenvalue weighted by molar-refractivity contribution is 0.119. The molecule has 0 aromatic heterocycles. The first-order valence-electron chi connectivity index (χ1n) is 7.01. The summed E-state index contributed by atoms with van der Waals surface area (Å²) in [6.45, 7) is 3.36. The highest BCUT2D eigenvalue weighted by Crippen LogP contribution is 2.42. The van der Waals surface area contributed by atoms with Gasteiger partial charge in [-0.3, -0.25) is 0 Å². The van der Waals surface area contributed by atoms with Gasteiger partial charge in [0, 0.05) is 0 Å². The topological polar surface area (TPSA) is 26.0 Å². The largest absolute Gasteiger partial charge is 0.330 e. The lowest BCUT2D eigenvalue weighted by Gasteiger charge is -2.39. The van der Waals surface area contributed by atoms with E-state index in [1.807, 2.05) is 0 Å². The van der Waals surface area contributed by atoms with Gasteiger partial charge >= 0.3 is 0 Å². The van der Waals surface area contributed by atoms with Gasteiger partial charge in [-0.25, -0.2) is 0 Å². The Labute approximate surface area is 94.8 Å². The molecule has 0 spiro atoms. The third-order valence-corrected chi connectivity index (χ3v) is 4.94. The smallest absolute Gasteiger partial charge is 0.00461 e. The van der Waals surface area contributed by atoms with Gasteiger partial charge in [0.25, 0.3) is 0 Å². The highest BCUT2D eigenvalue weighted by atomic mass is 14.6. The van der Waals surface area contributed by atoms with Gasteiger partial charge in [-0.1, -0.05) is 32.6 Å². The molecule has 0 aromatic rings. The Morgan fingerprint density at radius 1 is 0.933 bits per heavy atom. The molecule has 1 heteroatoms. The van der Waals surface area contributed by atoms with Crippen LogP contribution in [0.2, 0.25) is 0 Å². The first-order chi connectivity index (χ1) is 7.31. The Hall–Kier alpha value is -0.0400. The monoisotopic (exact) mass is 209 g/mol. The predicted molar refractivity (Wildman–Crippen MR) is 65.6 cm³/mol. The van der Waals surface area contributed by atoms with E-state index in [1.165, 1.54) is 51.4 Å². The molecular weight excluding hydrogens is 182 g/mol. The maximum atomic E-state index is 5.93. The molecule has 2 rings (SSSR count). The number of nitrogens with two attached hydrogens (primary N) is 1. The van der Waals surface area contributed by atoms with Crippen LogP contribution in [0, 0.1) is 23.7 Å². The molecule has 2 N–H and O–H groups in total. The van der Waals surface area contributed by atoms with Gasteiger partial charge in [0.2, 0.25) is 0 Å². The molecular formula is C14H27N. The van der Waals surface area contributed by atoms with Gasteiger partial charge in [-0.15, -0.1) is 0 Å². The van der Waals surface area contributed by atoms with Crippen LogP contribution in [0.3, 0.4) is 0 Å². The third kappa shape index (κ3) is 2.75. The summed E-state index contributed by atoms with van der Waals surface area (Å²) in [4.78, 5) is 0. The predicted octanol–water partition coefficient (Wildman–Crippen LogP) is 3.58. The summed E-state index contributed by atoms with van der Waals surface area (Å²) in [6, 6.07) is 0. The minimum Gasteiger partial charge on any atom is -0.330 e. The summed E-state index contributed by atoms with van der Waals surface area (Å²) in [7, 11) is 0. The number of hydrogen-bond donors (Lipinski definition) is 1. The SMILES string of the molecule is CC1CCC(C2CCCCC2CN)CC1. The van der Waals surface area contributed by atoms with E-state index in [0.29, 0.717) is 0 Å². The van der Waals surface area contributed by atoms with Crippen molar-refractivity contribution in [2.75, 3.05) is 6.54 Å². The van der Waals surface area contributed by atoms with Crippen LogP contribution < -0.4 is 5.73 Å². The van der Waals surface area contributed by atoms with Crippen molar-refractivity contribution in [1.82, 2.24) is 0 Å². The Kier molecular flexibility index (Phi) is 4.07. The van der Waals surface area contributed by atoms with Crippen molar-refractivity contribution in [3.8, 4) is 0 Å². The molecule has 0 bridgehead atoms. The molecule has 0 aromatic carbocycles. The molecule has 2 aliphatic rings. The van der Waals surface area contributed by atoms with Crippen molar-refractivity contribution in [1.29, 1.82) is 0 Å². The van der Waals surface area contributed by atoms with Crippen LogP contribution in [-0.4, -0.2) is 6.54 Å². The molecule has 2 aliphatic carbocycles. The Bertz CT molecular complexity index is 182. The normalized spacial score (nSPS) is 42.8. The molecule has 0 aliphatic heterocycles. The third-order valence-electron chi connectivity index (χ3n) is 4.94. The summed E-state index contributed by atoms with van der Waals surface area (Å²) in [5.74, 6) is 3.85. The van der Waals surface area contributed by atoms with Gasteiger partial charge < -0.3 is 5.73 Å². The van der Waals surface area contributed by atoms with Crippen LogP contribution in [0.15, 0.2) is 0 Å². The maximum Gasteiger partial charge on any atom is -0.00461 e. The highest BCUT2D eigenvalue weighted by molar-refractivity contribution is 4.84. The van der Waals surface area contributed by atoms with E-state index in [9.17, 15) is 0 Å². The zero-order valence-electron chi connectivity index (χ0n) is 10.3. The molecule has 2 fully saturated rings. The second-order valence-electron chi connectivity index (χ2n) is 5.96. The van der Waals surface area contributed by atoms with E-state index in [4.69, 9.17) is 5.73 Å². The minimum atomic E-state index is 0.858. The van der Waals surface area contributed by atoms with Crippen LogP contribution in [0.1, 0.15) is 58.3 Å². The highest BCUT2D eigenvalue weighted by Gasteiger charge is 2.32. The van der Waals surface area contributed by atoms with E-state index in [-0.39, 0.29) is 0 Å². The second kappa shape index (κ2) is 5.34. The molecule has 1 nitrogen and oxygen atoms in total. The van der Waals surface area contributed by atoms with Crippen molar-refractivity contribution in [3.63, 3.8) is 0 Å². The van der Waals surface area contributed by atoms with Crippen LogP contribution in [0.25, 0.3) is 0 Å². The molecule has 0 radical (unpaired) electrons. The first kappa shape index (κ1) is 11.4. The fourth-order valence-corrected chi connectivity index (χ4v) is 3.86. The lowest BCUT2D eigenvalue weighted by Crippen LogP contribution is -2.33. The molecule has 88 valence electrons. The van der Waals surface area contributed by atoms with Crippen molar-refractivity contribution in [2.45, 2.75) is 58.3 Å². The van der Waals surface area contributed by atoms with Crippen molar-refractivity contribution >= 4 is 0 Å². The Balaban J connectivity index is 1.90. The first-order valence-corrected chi connectivity index (χ1v) is 7.01. The number of hydrogen-bond acceptors (Lipinski definition) is 1. The van der Waals surface area contributed by atoms with E-state index in [1.54, 1.807) is 0 Å². The maximum absolute atomic E-state index is 5.93. The van der Waals surface area contributed by atoms with Crippen molar-refractivity contribution in [2.24, 2.45) is 29.4 Å². The lowest BCUT2D eigenvalue weighted by atomic mass is 9.67. The van der Waals surface area contributed by atoms with Crippen LogP contribution in [-0.2, 0) is 0 Å². The minimum absolute atomic E-state index is 0.858. The summed E-state index contributed by atoms with van der Waals surface area (Å²) in [6.07, 6.45) is 11.7. The van der Waals surface area contributed by atoms with Crippen LogP contribution in [0.5, 0.6) is 0 Å². The average molecular weight is 209 g/mol. The Morgan fingerprint density at radius 3 is 2.27 bits per heavy atom. The fraction of sp³-hybridized carbons (Fsp3) is 1.00. The molecule has 2 saturated carbocycles. The van der Waals surface area contributed by atoms with Gasteiger partial charge in [0.1, 0.15) is 0 Å². The Morgan fingerprint density at radius 2 is 1.60 bits per heavy atom. The summed E-state index contributed by atoms with van der Waals surface area (Å²) in [5.41, 5.74) is 5.93. The van der Waals surface area contributed by atoms with Gasteiger partial charge in [-0.05, 0) is 55.9 Å². The zero-order valence-corrected chi connectivity index (χ0v) is 10.3. The standard InChI is InChI=1S/C14H27N/c1-11-6-8-12(9-7-11)14-5-3-2-4-13(14)10-15/h11-14H,2-10,15H2,1H3. The zero-order chi connectivity index (χ0) is 10.7. The van der Waals surface area contributed by atoms with Gasteiger partial charge in [-0.2, -0.15) is 0 Å². The molecule has 0 heterocycles.